The van der Waals surface area contributed by atoms with Gasteiger partial charge in [0.15, 0.2) is 0 Å². The maximum absolute atomic E-state index is 10.9. The van der Waals surface area contributed by atoms with Gasteiger partial charge in [0.25, 0.3) is 0 Å². The van der Waals surface area contributed by atoms with Crippen molar-refractivity contribution in [3.63, 3.8) is 0 Å². The Bertz CT molecular complexity index is 653. The molecule has 1 aromatic carbocycles. The quantitative estimate of drug-likeness (QED) is 0.676. The van der Waals surface area contributed by atoms with E-state index in [4.69, 9.17) is 22.1 Å². The van der Waals surface area contributed by atoms with Crippen molar-refractivity contribution in [2.24, 2.45) is 0 Å². The van der Waals surface area contributed by atoms with Gasteiger partial charge in [-0.2, -0.15) is 4.98 Å². The van der Waals surface area contributed by atoms with Crippen LogP contribution < -0.4 is 10.5 Å². The summed E-state index contributed by atoms with van der Waals surface area (Å²) < 4.78 is 5.78. The molecule has 98 valence electrons. The van der Waals surface area contributed by atoms with E-state index in [2.05, 4.69) is 25.9 Å². The monoisotopic (exact) mass is 344 g/mol. The van der Waals surface area contributed by atoms with E-state index in [-0.39, 0.29) is 28.3 Å². The molecule has 0 aliphatic carbocycles. The molecule has 2 aromatic rings. The van der Waals surface area contributed by atoms with Crippen molar-refractivity contribution in [1.29, 1.82) is 0 Å². The van der Waals surface area contributed by atoms with Gasteiger partial charge in [0, 0.05) is 11.1 Å². The SMILES string of the molecule is Nc1ncc(Br)c(Oc2ccc(Cl)cc2[N+](=O)[O-])n1. The number of nitrogens with two attached hydrogens (primary N) is 1. The molecule has 0 atom stereocenters. The van der Waals surface area contributed by atoms with Gasteiger partial charge in [0.2, 0.25) is 17.6 Å². The predicted molar refractivity (Wildman–Crippen MR) is 72.3 cm³/mol. The molecule has 0 aliphatic heterocycles. The van der Waals surface area contributed by atoms with E-state index in [1.165, 1.54) is 24.4 Å². The molecule has 0 bridgehead atoms. The van der Waals surface area contributed by atoms with Crippen LogP contribution in [-0.4, -0.2) is 14.9 Å². The zero-order valence-corrected chi connectivity index (χ0v) is 11.6. The molecule has 7 nitrogen and oxygen atoms in total. The van der Waals surface area contributed by atoms with Gasteiger partial charge in [0.1, 0.15) is 0 Å². The van der Waals surface area contributed by atoms with Crippen molar-refractivity contribution in [3.05, 3.63) is 44.0 Å². The molecular formula is C10H6BrClN4O3. The second kappa shape index (κ2) is 5.37. The van der Waals surface area contributed by atoms with Crippen LogP contribution in [0.25, 0.3) is 0 Å². The number of benzene rings is 1. The Hall–Kier alpha value is -1.93. The highest BCUT2D eigenvalue weighted by Gasteiger charge is 2.18. The fraction of sp³-hybridized carbons (Fsp3) is 0. The first kappa shape index (κ1) is 13.5. The van der Waals surface area contributed by atoms with E-state index < -0.39 is 4.92 Å². The van der Waals surface area contributed by atoms with Gasteiger partial charge in [0.05, 0.1) is 15.6 Å². The zero-order chi connectivity index (χ0) is 14.0. The Labute approximate surface area is 120 Å². The number of nitrogen functional groups attached to an aromatic ring is 1. The minimum Gasteiger partial charge on any atom is -0.430 e. The van der Waals surface area contributed by atoms with Gasteiger partial charge in [-0.25, -0.2) is 4.98 Å². The van der Waals surface area contributed by atoms with E-state index in [0.717, 1.165) is 0 Å². The molecule has 0 aliphatic rings. The average molecular weight is 346 g/mol. The summed E-state index contributed by atoms with van der Waals surface area (Å²) in [6.45, 7) is 0. The first-order chi connectivity index (χ1) is 8.97. The van der Waals surface area contributed by atoms with E-state index in [9.17, 15) is 10.1 Å². The number of hydrogen-bond acceptors (Lipinski definition) is 6. The number of anilines is 1. The number of aromatic nitrogens is 2. The van der Waals surface area contributed by atoms with Crippen molar-refractivity contribution < 1.29 is 9.66 Å². The average Bonchev–Trinajstić information content (AvgIpc) is 2.35. The normalized spacial score (nSPS) is 10.2. The molecule has 0 unspecified atom stereocenters. The molecule has 1 heterocycles. The Morgan fingerprint density at radius 1 is 1.47 bits per heavy atom. The molecule has 19 heavy (non-hydrogen) atoms. The van der Waals surface area contributed by atoms with Crippen LogP contribution in [0.1, 0.15) is 0 Å². The second-order valence-electron chi connectivity index (χ2n) is 3.35. The van der Waals surface area contributed by atoms with Crippen LogP contribution in [0.5, 0.6) is 11.6 Å². The fourth-order valence-corrected chi connectivity index (χ4v) is 1.70. The van der Waals surface area contributed by atoms with Gasteiger partial charge < -0.3 is 10.5 Å². The van der Waals surface area contributed by atoms with Crippen molar-refractivity contribution in [3.8, 4) is 11.6 Å². The van der Waals surface area contributed by atoms with Gasteiger partial charge in [-0.1, -0.05) is 11.6 Å². The Kier molecular flexibility index (Phi) is 3.82. The third-order valence-electron chi connectivity index (χ3n) is 2.05. The van der Waals surface area contributed by atoms with E-state index in [1.807, 2.05) is 0 Å². The van der Waals surface area contributed by atoms with Crippen LogP contribution in [0.15, 0.2) is 28.9 Å². The third-order valence-corrected chi connectivity index (χ3v) is 2.83. The number of rotatable bonds is 3. The smallest absolute Gasteiger partial charge is 0.313 e. The first-order valence-electron chi connectivity index (χ1n) is 4.87. The second-order valence-corrected chi connectivity index (χ2v) is 4.64. The van der Waals surface area contributed by atoms with E-state index >= 15 is 0 Å². The summed E-state index contributed by atoms with van der Waals surface area (Å²) in [7, 11) is 0. The minimum atomic E-state index is -0.598. The number of nitro groups is 1. The van der Waals surface area contributed by atoms with Gasteiger partial charge >= 0.3 is 5.69 Å². The van der Waals surface area contributed by atoms with Gasteiger partial charge in [-0.3, -0.25) is 10.1 Å². The highest BCUT2D eigenvalue weighted by Crippen LogP contribution is 2.35. The Morgan fingerprint density at radius 2 is 2.21 bits per heavy atom. The maximum Gasteiger partial charge on any atom is 0.313 e. The maximum atomic E-state index is 10.9. The Balaban J connectivity index is 2.43. The fourth-order valence-electron chi connectivity index (χ4n) is 1.26. The van der Waals surface area contributed by atoms with Crippen LogP contribution in [0, 0.1) is 10.1 Å². The van der Waals surface area contributed by atoms with Crippen molar-refractivity contribution in [2.45, 2.75) is 0 Å². The summed E-state index contributed by atoms with van der Waals surface area (Å²) in [6, 6.07) is 4.04. The molecule has 0 radical (unpaired) electrons. The lowest BCUT2D eigenvalue weighted by atomic mass is 10.3. The Morgan fingerprint density at radius 3 is 2.89 bits per heavy atom. The molecule has 0 fully saturated rings. The molecule has 1 aromatic heterocycles. The number of ether oxygens (including phenoxy) is 1. The van der Waals surface area contributed by atoms with Crippen LogP contribution in [0.4, 0.5) is 11.6 Å². The van der Waals surface area contributed by atoms with Crippen LogP contribution in [0.2, 0.25) is 5.02 Å². The van der Waals surface area contributed by atoms with Crippen LogP contribution in [-0.2, 0) is 0 Å². The summed E-state index contributed by atoms with van der Waals surface area (Å²) in [4.78, 5) is 17.9. The minimum absolute atomic E-state index is 0.00480. The molecule has 2 rings (SSSR count). The summed E-state index contributed by atoms with van der Waals surface area (Å²) >= 11 is 8.87. The van der Waals surface area contributed by atoms with Crippen LogP contribution in [0.3, 0.4) is 0 Å². The lowest BCUT2D eigenvalue weighted by Crippen LogP contribution is -1.99. The summed E-state index contributed by atoms with van der Waals surface area (Å²) in [5.74, 6) is 0.0842. The topological polar surface area (TPSA) is 104 Å². The zero-order valence-electron chi connectivity index (χ0n) is 9.21. The molecule has 9 heteroatoms. The van der Waals surface area contributed by atoms with Crippen LogP contribution >= 0.6 is 27.5 Å². The predicted octanol–water partition coefficient (Wildman–Crippen LogP) is 3.18. The molecule has 0 saturated heterocycles. The van der Waals surface area contributed by atoms with E-state index in [1.54, 1.807) is 0 Å². The molecular weight excluding hydrogens is 339 g/mol. The standard InChI is InChI=1S/C10H6BrClN4O3/c11-6-4-14-10(13)15-9(6)19-8-2-1-5(12)3-7(8)16(17)18/h1-4H,(H2,13,14,15). The number of nitrogens with zero attached hydrogens (tertiary/aromatic N) is 3. The molecule has 0 spiro atoms. The first-order valence-corrected chi connectivity index (χ1v) is 6.04. The number of halogens is 2. The lowest BCUT2D eigenvalue weighted by molar-refractivity contribution is -0.385. The van der Waals surface area contributed by atoms with E-state index in [0.29, 0.717) is 4.47 Å². The summed E-state index contributed by atoms with van der Waals surface area (Å²) in [6.07, 6.45) is 1.39. The molecule has 2 N–H and O–H groups in total. The highest BCUT2D eigenvalue weighted by molar-refractivity contribution is 9.10. The number of hydrogen-bond donors (Lipinski definition) is 1. The highest BCUT2D eigenvalue weighted by atomic mass is 79.9. The van der Waals surface area contributed by atoms with Gasteiger partial charge in [-0.15, -0.1) is 0 Å². The van der Waals surface area contributed by atoms with Gasteiger partial charge in [-0.05, 0) is 28.1 Å². The molecule has 0 saturated carbocycles. The van der Waals surface area contributed by atoms with Crippen molar-refractivity contribution >= 4 is 39.2 Å². The van der Waals surface area contributed by atoms with Crippen molar-refractivity contribution in [2.75, 3.05) is 5.73 Å². The summed E-state index contributed by atoms with van der Waals surface area (Å²) in [5.41, 5.74) is 5.16. The third kappa shape index (κ3) is 3.09. The molecule has 0 amide bonds. The largest absolute Gasteiger partial charge is 0.430 e. The van der Waals surface area contributed by atoms with Crippen molar-refractivity contribution in [1.82, 2.24) is 9.97 Å². The summed E-state index contributed by atoms with van der Waals surface area (Å²) in [5, 5.41) is 11.2. The number of nitro benzene ring substituents is 1. The lowest BCUT2D eigenvalue weighted by Gasteiger charge is -2.07.